The fourth-order valence-corrected chi connectivity index (χ4v) is 2.22. The van der Waals surface area contributed by atoms with Crippen molar-refractivity contribution in [3.63, 3.8) is 0 Å². The zero-order chi connectivity index (χ0) is 12.8. The third-order valence-corrected chi connectivity index (χ3v) is 3.29. The predicted molar refractivity (Wildman–Crippen MR) is 78.1 cm³/mol. The summed E-state index contributed by atoms with van der Waals surface area (Å²) in [5.41, 5.74) is 0. The number of nitrogens with zero attached hydrogens (tertiary/aromatic N) is 1. The molecule has 0 radical (unpaired) electrons. The molecule has 0 spiro atoms. The molecule has 1 fully saturated rings. The monoisotopic (exact) mass is 308 g/mol. The zero-order valence-electron chi connectivity index (χ0n) is 10.7. The number of nitrogens with one attached hydrogen (secondary N) is 1. The van der Waals surface area contributed by atoms with E-state index in [1.165, 1.54) is 12.1 Å². The number of hydrogen-bond donors (Lipinski definition) is 1. The van der Waals surface area contributed by atoms with Crippen LogP contribution in [0, 0.1) is 5.82 Å². The summed E-state index contributed by atoms with van der Waals surface area (Å²) in [4.78, 5) is 2.36. The van der Waals surface area contributed by atoms with E-state index in [0.29, 0.717) is 17.4 Å². The number of rotatable bonds is 4. The second-order valence-electron chi connectivity index (χ2n) is 4.37. The largest absolute Gasteiger partial charge is 0.491 e. The molecule has 0 amide bonds. The van der Waals surface area contributed by atoms with Gasteiger partial charge in [0.2, 0.25) is 0 Å². The van der Waals surface area contributed by atoms with Crippen LogP contribution < -0.4 is 10.1 Å². The Labute approximate surface area is 124 Å². The average Bonchev–Trinajstić information content (AvgIpc) is 2.60. The van der Waals surface area contributed by atoms with Gasteiger partial charge >= 0.3 is 0 Å². The highest BCUT2D eigenvalue weighted by Gasteiger charge is 2.09. The molecule has 1 heterocycles. The van der Waals surface area contributed by atoms with Crippen LogP contribution in [0.1, 0.15) is 6.42 Å². The smallest absolute Gasteiger partial charge is 0.138 e. The molecule has 1 aliphatic rings. The second-order valence-corrected chi connectivity index (χ2v) is 4.78. The van der Waals surface area contributed by atoms with Crippen LogP contribution in [0.25, 0.3) is 0 Å². The van der Waals surface area contributed by atoms with Gasteiger partial charge in [-0.15, -0.1) is 12.4 Å². The zero-order valence-corrected chi connectivity index (χ0v) is 12.3. The van der Waals surface area contributed by atoms with Gasteiger partial charge in [-0.25, -0.2) is 4.39 Å². The van der Waals surface area contributed by atoms with E-state index < -0.39 is 0 Å². The first-order valence-electron chi connectivity index (χ1n) is 6.26. The summed E-state index contributed by atoms with van der Waals surface area (Å²) < 4.78 is 18.4. The van der Waals surface area contributed by atoms with Crippen molar-refractivity contribution in [2.45, 2.75) is 6.42 Å². The summed E-state index contributed by atoms with van der Waals surface area (Å²) >= 11 is 5.89. The SMILES string of the molecule is Cl.Fc1ccc(OCCN2CCCNCC2)c(Cl)c1. The van der Waals surface area contributed by atoms with Gasteiger partial charge in [0, 0.05) is 19.6 Å². The van der Waals surface area contributed by atoms with E-state index >= 15 is 0 Å². The minimum Gasteiger partial charge on any atom is -0.491 e. The van der Waals surface area contributed by atoms with Gasteiger partial charge in [-0.2, -0.15) is 0 Å². The summed E-state index contributed by atoms with van der Waals surface area (Å²) in [6.45, 7) is 5.69. The van der Waals surface area contributed by atoms with E-state index in [9.17, 15) is 4.39 Å². The lowest BCUT2D eigenvalue weighted by Gasteiger charge is -2.19. The molecule has 0 bridgehead atoms. The number of benzene rings is 1. The molecule has 6 heteroatoms. The lowest BCUT2D eigenvalue weighted by Crippen LogP contribution is -2.31. The topological polar surface area (TPSA) is 24.5 Å². The molecule has 108 valence electrons. The maximum absolute atomic E-state index is 12.9. The van der Waals surface area contributed by atoms with Gasteiger partial charge < -0.3 is 10.1 Å². The molecule has 0 aliphatic carbocycles. The van der Waals surface area contributed by atoms with Crippen LogP contribution in [-0.2, 0) is 0 Å². The first kappa shape index (κ1) is 16.5. The van der Waals surface area contributed by atoms with Crippen LogP contribution in [0.5, 0.6) is 5.75 Å². The van der Waals surface area contributed by atoms with Crippen molar-refractivity contribution in [2.24, 2.45) is 0 Å². The van der Waals surface area contributed by atoms with Crippen molar-refractivity contribution < 1.29 is 9.13 Å². The van der Waals surface area contributed by atoms with Gasteiger partial charge in [0.1, 0.15) is 18.2 Å². The molecule has 19 heavy (non-hydrogen) atoms. The van der Waals surface area contributed by atoms with Crippen LogP contribution in [0.3, 0.4) is 0 Å². The maximum atomic E-state index is 12.9. The first-order chi connectivity index (χ1) is 8.75. The lowest BCUT2D eigenvalue weighted by molar-refractivity contribution is 0.217. The fourth-order valence-electron chi connectivity index (χ4n) is 2.00. The van der Waals surface area contributed by atoms with Gasteiger partial charge in [-0.05, 0) is 37.7 Å². The first-order valence-corrected chi connectivity index (χ1v) is 6.64. The third kappa shape index (κ3) is 5.53. The summed E-state index contributed by atoms with van der Waals surface area (Å²) in [5, 5.41) is 3.68. The fraction of sp³-hybridized carbons (Fsp3) is 0.538. The van der Waals surface area contributed by atoms with Gasteiger partial charge in [-0.3, -0.25) is 4.90 Å². The molecule has 0 atom stereocenters. The van der Waals surface area contributed by atoms with Crippen molar-refractivity contribution in [3.8, 4) is 5.75 Å². The minimum absolute atomic E-state index is 0. The van der Waals surface area contributed by atoms with Crippen LogP contribution >= 0.6 is 24.0 Å². The molecule has 0 unspecified atom stereocenters. The van der Waals surface area contributed by atoms with E-state index in [0.717, 1.165) is 39.1 Å². The number of hydrogen-bond acceptors (Lipinski definition) is 3. The standard InChI is InChI=1S/C13H18ClFN2O.ClH/c14-12-10-11(15)2-3-13(12)18-9-8-17-6-1-4-16-5-7-17;/h2-3,10,16H,1,4-9H2;1H. The van der Waals surface area contributed by atoms with E-state index in [2.05, 4.69) is 10.2 Å². The van der Waals surface area contributed by atoms with E-state index in [1.54, 1.807) is 6.07 Å². The van der Waals surface area contributed by atoms with Gasteiger partial charge in [0.05, 0.1) is 5.02 Å². The third-order valence-electron chi connectivity index (χ3n) is 2.99. The highest BCUT2D eigenvalue weighted by Crippen LogP contribution is 2.24. The lowest BCUT2D eigenvalue weighted by atomic mass is 10.3. The molecule has 1 aliphatic heterocycles. The Morgan fingerprint density at radius 3 is 2.95 bits per heavy atom. The van der Waals surface area contributed by atoms with Crippen LogP contribution in [0.2, 0.25) is 5.02 Å². The minimum atomic E-state index is -0.342. The Kier molecular flexibility index (Phi) is 7.46. The summed E-state index contributed by atoms with van der Waals surface area (Å²) in [6.07, 6.45) is 1.16. The molecule has 0 aromatic heterocycles. The Morgan fingerprint density at radius 2 is 2.16 bits per heavy atom. The molecule has 0 saturated carbocycles. The van der Waals surface area contributed by atoms with E-state index in [-0.39, 0.29) is 18.2 Å². The van der Waals surface area contributed by atoms with Gasteiger partial charge in [-0.1, -0.05) is 11.6 Å². The van der Waals surface area contributed by atoms with Crippen molar-refractivity contribution in [1.29, 1.82) is 0 Å². The summed E-state index contributed by atoms with van der Waals surface area (Å²) in [5.74, 6) is 0.206. The predicted octanol–water partition coefficient (Wildman–Crippen LogP) is 2.58. The summed E-state index contributed by atoms with van der Waals surface area (Å²) in [6, 6.07) is 4.20. The van der Waals surface area contributed by atoms with Crippen molar-refractivity contribution in [3.05, 3.63) is 29.0 Å². The Hall–Kier alpha value is -0.550. The molecule has 1 aromatic carbocycles. The second kappa shape index (κ2) is 8.59. The Bertz CT molecular complexity index is 385. The molecule has 1 saturated heterocycles. The van der Waals surface area contributed by atoms with Gasteiger partial charge in [0.15, 0.2) is 0 Å². The van der Waals surface area contributed by atoms with Gasteiger partial charge in [0.25, 0.3) is 0 Å². The summed E-state index contributed by atoms with van der Waals surface area (Å²) in [7, 11) is 0. The molecular weight excluding hydrogens is 290 g/mol. The highest BCUT2D eigenvalue weighted by atomic mass is 35.5. The normalized spacial score (nSPS) is 16.5. The van der Waals surface area contributed by atoms with Crippen molar-refractivity contribution in [2.75, 3.05) is 39.3 Å². The Morgan fingerprint density at radius 1 is 1.32 bits per heavy atom. The van der Waals surface area contributed by atoms with E-state index in [1.807, 2.05) is 0 Å². The molecule has 3 nitrogen and oxygen atoms in total. The van der Waals surface area contributed by atoms with Crippen LogP contribution in [-0.4, -0.2) is 44.2 Å². The number of halogens is 3. The van der Waals surface area contributed by atoms with E-state index in [4.69, 9.17) is 16.3 Å². The number of ether oxygens (including phenoxy) is 1. The Balaban J connectivity index is 0.00000180. The molecule has 1 aromatic rings. The molecular formula is C13H19Cl2FN2O. The molecule has 2 rings (SSSR count). The average molecular weight is 309 g/mol. The quantitative estimate of drug-likeness (QED) is 0.925. The van der Waals surface area contributed by atoms with Crippen molar-refractivity contribution in [1.82, 2.24) is 10.2 Å². The van der Waals surface area contributed by atoms with Crippen molar-refractivity contribution >= 4 is 24.0 Å². The van der Waals surface area contributed by atoms with Crippen LogP contribution in [0.15, 0.2) is 18.2 Å². The molecule has 1 N–H and O–H groups in total. The van der Waals surface area contributed by atoms with Crippen LogP contribution in [0.4, 0.5) is 4.39 Å². The highest BCUT2D eigenvalue weighted by molar-refractivity contribution is 6.32. The maximum Gasteiger partial charge on any atom is 0.138 e.